The van der Waals surface area contributed by atoms with Gasteiger partial charge < -0.3 is 9.47 Å². The number of ether oxygens (including phenoxy) is 2. The van der Waals surface area contributed by atoms with Crippen LogP contribution >= 0.6 is 58.0 Å². The lowest BCUT2D eigenvalue weighted by Crippen LogP contribution is -2.06. The molecule has 0 aliphatic heterocycles. The van der Waals surface area contributed by atoms with Crippen molar-refractivity contribution < 1.29 is 67.0 Å². The lowest BCUT2D eigenvalue weighted by Gasteiger charge is -2.09. The zero-order valence-corrected chi connectivity index (χ0v) is 53.3. The highest BCUT2D eigenvalue weighted by atomic mass is 35.5. The largest absolute Gasteiger partial charge is 0.497 e. The SMILES string of the molecule is CCOc1ccc(C2=CC(=O)C=CC2=O)cc1.COc1ccc(C2=CC(=O)C=CC2=O)cc1.O=C1C=CC(=O)C(c2cc(Cl)ccc2Cl)=C1.O=C1C=CC(=O)C(c2ccc(Cl)cc2Cl)=C1.O=C1C=CC(=O)C(c2cccc(Cl)c2)=C1.O=C1C=CC(=O)C(c2ccccc2)=C1. The van der Waals surface area contributed by atoms with Crippen molar-refractivity contribution in [2.75, 3.05) is 13.7 Å². The zero-order chi connectivity index (χ0) is 68.0. The number of halogens is 5. The van der Waals surface area contributed by atoms with E-state index in [-0.39, 0.29) is 75.0 Å². The third kappa shape index (κ3) is 20.4. The van der Waals surface area contributed by atoms with E-state index in [0.29, 0.717) is 76.3 Å². The predicted octanol–water partition coefficient (Wildman–Crippen LogP) is 14.3. The molecule has 6 aromatic carbocycles. The Morgan fingerprint density at radius 1 is 0.287 bits per heavy atom. The van der Waals surface area contributed by atoms with Crippen LogP contribution in [0.1, 0.15) is 40.3 Å². The Kier molecular flexibility index (Phi) is 25.7. The molecule has 0 fully saturated rings. The maximum atomic E-state index is 11.6. The molecule has 0 saturated carbocycles. The Morgan fingerprint density at radius 2 is 0.628 bits per heavy atom. The number of ketones is 12. The molecule has 19 heteroatoms. The first kappa shape index (κ1) is 70.7. The van der Waals surface area contributed by atoms with Crippen molar-refractivity contribution in [3.8, 4) is 11.5 Å². The van der Waals surface area contributed by atoms with Crippen LogP contribution in [-0.4, -0.2) is 83.1 Å². The molecule has 0 bridgehead atoms. The molecule has 0 atom stereocenters. The van der Waals surface area contributed by atoms with Crippen LogP contribution in [0.5, 0.6) is 11.5 Å². The van der Waals surface area contributed by atoms with E-state index in [4.69, 9.17) is 67.5 Å². The van der Waals surface area contributed by atoms with Gasteiger partial charge in [-0.25, -0.2) is 0 Å². The van der Waals surface area contributed by atoms with Gasteiger partial charge in [-0.15, -0.1) is 0 Å². The van der Waals surface area contributed by atoms with E-state index in [0.717, 1.165) is 28.2 Å². The fourth-order valence-electron chi connectivity index (χ4n) is 8.73. The van der Waals surface area contributed by atoms with Crippen LogP contribution in [0.2, 0.25) is 25.1 Å². The van der Waals surface area contributed by atoms with Gasteiger partial charge in [0.15, 0.2) is 69.4 Å². The average molecular weight is 1350 g/mol. The summed E-state index contributed by atoms with van der Waals surface area (Å²) in [7, 11) is 1.58. The first-order valence-electron chi connectivity index (χ1n) is 28.0. The molecule has 0 spiro atoms. The smallest absolute Gasteiger partial charge is 0.186 e. The van der Waals surface area contributed by atoms with E-state index in [2.05, 4.69) is 0 Å². The summed E-state index contributed by atoms with van der Waals surface area (Å²) in [5.41, 5.74) is 6.22. The molecule has 14 nitrogen and oxygen atoms in total. The van der Waals surface area contributed by atoms with Gasteiger partial charge in [0.1, 0.15) is 11.5 Å². The van der Waals surface area contributed by atoms with Gasteiger partial charge in [-0.3, -0.25) is 57.5 Å². The van der Waals surface area contributed by atoms with Crippen LogP contribution in [-0.2, 0) is 57.5 Å². The number of allylic oxidation sites excluding steroid dienone is 24. The second-order valence-electron chi connectivity index (χ2n) is 19.8. The summed E-state index contributed by atoms with van der Waals surface area (Å²) in [5, 5.41) is 2.25. The Labute approximate surface area is 563 Å². The van der Waals surface area contributed by atoms with Gasteiger partial charge in [0.05, 0.1) is 18.7 Å². The maximum Gasteiger partial charge on any atom is 0.186 e. The first-order valence-corrected chi connectivity index (χ1v) is 29.9. The van der Waals surface area contributed by atoms with Gasteiger partial charge in [-0.2, -0.15) is 0 Å². The second-order valence-corrected chi connectivity index (χ2v) is 21.9. The minimum atomic E-state index is -0.247. The molecule has 0 N–H and O–H groups in total. The molecule has 0 amide bonds. The highest BCUT2D eigenvalue weighted by Crippen LogP contribution is 2.32. The summed E-state index contributed by atoms with van der Waals surface area (Å²) in [6, 6.07) is 39.8. The number of rotatable bonds is 9. The molecule has 0 aromatic heterocycles. The van der Waals surface area contributed by atoms with Crippen molar-refractivity contribution in [2.24, 2.45) is 0 Å². The summed E-state index contributed by atoms with van der Waals surface area (Å²) >= 11 is 29.3. The summed E-state index contributed by atoms with van der Waals surface area (Å²) in [4.78, 5) is 136. The van der Waals surface area contributed by atoms with Crippen LogP contribution in [0, 0.1) is 0 Å². The Hall–Kier alpha value is -10.7. The van der Waals surface area contributed by atoms with Crippen molar-refractivity contribution in [3.05, 3.63) is 307 Å². The number of hydrogen-bond acceptors (Lipinski definition) is 14. The van der Waals surface area contributed by atoms with Gasteiger partial charge in [0.2, 0.25) is 0 Å². The zero-order valence-electron chi connectivity index (χ0n) is 49.5. The molecule has 468 valence electrons. The van der Waals surface area contributed by atoms with Crippen LogP contribution < -0.4 is 9.47 Å². The number of hydrogen-bond donors (Lipinski definition) is 0. The normalized spacial score (nSPS) is 15.2. The predicted molar refractivity (Wildman–Crippen MR) is 364 cm³/mol. The number of carbonyl (C=O) groups is 12. The van der Waals surface area contributed by atoms with E-state index in [1.54, 1.807) is 110 Å². The fraction of sp³-hybridized carbons (Fsp3) is 0.0400. The summed E-state index contributed by atoms with van der Waals surface area (Å²) in [6.07, 6.45) is 23.2. The number of methoxy groups -OCH3 is 1. The Bertz CT molecular complexity index is 4510. The quantitative estimate of drug-likeness (QED) is 0.123. The molecular weight excluding hydrogens is 1300 g/mol. The van der Waals surface area contributed by atoms with Crippen molar-refractivity contribution in [1.29, 1.82) is 0 Å². The number of carbonyl (C=O) groups excluding carboxylic acids is 12. The van der Waals surface area contributed by atoms with Gasteiger partial charge in [-0.05, 0) is 205 Å². The molecule has 0 unspecified atom stereocenters. The number of benzene rings is 6. The van der Waals surface area contributed by atoms with Crippen LogP contribution in [0.15, 0.2) is 249 Å². The Balaban J connectivity index is 0.000000160. The molecule has 0 heterocycles. The molecule has 6 aliphatic carbocycles. The maximum absolute atomic E-state index is 11.6. The highest BCUT2D eigenvalue weighted by molar-refractivity contribution is 6.42. The average Bonchev–Trinajstić information content (AvgIpc) is 1.09. The summed E-state index contributed by atoms with van der Waals surface area (Å²) < 4.78 is 10.3. The lowest BCUT2D eigenvalue weighted by atomic mass is 9.96. The molecule has 6 aliphatic rings. The first-order chi connectivity index (χ1) is 45.0. The van der Waals surface area contributed by atoms with Gasteiger partial charge >= 0.3 is 0 Å². The van der Waals surface area contributed by atoms with E-state index in [1.165, 1.54) is 115 Å². The minimum Gasteiger partial charge on any atom is -0.497 e. The summed E-state index contributed by atoms with van der Waals surface area (Å²) in [6.45, 7) is 2.51. The molecule has 6 aromatic rings. The van der Waals surface area contributed by atoms with Gasteiger partial charge in [0, 0.05) is 64.7 Å². The van der Waals surface area contributed by atoms with E-state index >= 15 is 0 Å². The van der Waals surface area contributed by atoms with Gasteiger partial charge in [0.25, 0.3) is 0 Å². The van der Waals surface area contributed by atoms with Crippen LogP contribution in [0.4, 0.5) is 0 Å². The summed E-state index contributed by atoms with van der Waals surface area (Å²) in [5.74, 6) is -0.673. The molecule has 0 saturated heterocycles. The van der Waals surface area contributed by atoms with Crippen molar-refractivity contribution >= 4 is 161 Å². The van der Waals surface area contributed by atoms with E-state index in [9.17, 15) is 57.5 Å². The van der Waals surface area contributed by atoms with E-state index < -0.39 is 0 Å². The highest BCUT2D eigenvalue weighted by Gasteiger charge is 2.21. The molecule has 12 rings (SSSR count). The van der Waals surface area contributed by atoms with Gasteiger partial charge in [-0.1, -0.05) is 131 Å². The molecule has 0 radical (unpaired) electrons. The molecular formula is C75H49Cl5O14. The monoisotopic (exact) mass is 1350 g/mol. The molecule has 94 heavy (non-hydrogen) atoms. The third-order valence-electron chi connectivity index (χ3n) is 13.2. The lowest BCUT2D eigenvalue weighted by molar-refractivity contribution is -0.113. The topological polar surface area (TPSA) is 223 Å². The van der Waals surface area contributed by atoms with Crippen molar-refractivity contribution in [3.63, 3.8) is 0 Å². The van der Waals surface area contributed by atoms with Crippen molar-refractivity contribution in [2.45, 2.75) is 6.92 Å². The third-order valence-corrected chi connectivity index (χ3v) is 14.6. The van der Waals surface area contributed by atoms with Crippen LogP contribution in [0.25, 0.3) is 33.4 Å². The van der Waals surface area contributed by atoms with Crippen LogP contribution in [0.3, 0.4) is 0 Å². The standard InChI is InChI=1S/C14H12O3.C13H10O3.2C12H6Cl2O2.C12H7ClO2.C12H8O2/c1-2-17-12-6-3-10(4-7-12)13-9-11(15)5-8-14(13)16;1-16-11-5-2-9(3-6-11)12-8-10(14)4-7-13(12)15;13-7-1-3-11(14)9(5-7)10-6-8(15)2-4-12(10)16;13-7-1-3-9(11(14)5-7)10-6-8(15)2-4-12(10)16;13-9-3-1-2-8(6-9)11-7-10(14)4-5-12(11)15;13-10-6-7-12(14)11(8-10)9-4-2-1-3-5-9/h3-9H,2H2,1H3;2-8H,1H3;2*1-6H;1-7H;1-8H. The second kappa shape index (κ2) is 34.1. The Morgan fingerprint density at radius 3 is 1.03 bits per heavy atom. The minimum absolute atomic E-state index is 0.115. The van der Waals surface area contributed by atoms with Crippen molar-refractivity contribution in [1.82, 2.24) is 0 Å². The van der Waals surface area contributed by atoms with E-state index in [1.807, 2.05) is 37.3 Å². The fourth-order valence-corrected chi connectivity index (χ4v) is 9.82.